The molecule has 3 aromatic carbocycles. The van der Waals surface area contributed by atoms with E-state index in [0.29, 0.717) is 0 Å². The van der Waals surface area contributed by atoms with Gasteiger partial charge < -0.3 is 9.47 Å². The first-order valence-electron chi connectivity index (χ1n) is 17.7. The average Bonchev–Trinajstić information content (AvgIpc) is 3.91. The van der Waals surface area contributed by atoms with Gasteiger partial charge in [0.25, 0.3) is 0 Å². The summed E-state index contributed by atoms with van der Waals surface area (Å²) >= 11 is 0. The normalized spacial score (nSPS) is 12.3. The van der Waals surface area contributed by atoms with Gasteiger partial charge in [-0.15, -0.1) is 0 Å². The summed E-state index contributed by atoms with van der Waals surface area (Å²) in [4.78, 5) is 0. The van der Waals surface area contributed by atoms with Crippen molar-refractivity contribution in [2.24, 2.45) is 0 Å². The summed E-state index contributed by atoms with van der Waals surface area (Å²) in [5, 5.41) is 13.1. The summed E-state index contributed by atoms with van der Waals surface area (Å²) in [5.74, 6) is 1.92. The van der Waals surface area contributed by atoms with Crippen molar-refractivity contribution in [1.29, 1.82) is 0 Å². The Morgan fingerprint density at radius 3 is 1.11 bits per heavy atom. The molecule has 0 saturated heterocycles. The van der Waals surface area contributed by atoms with Gasteiger partial charge in [-0.25, -0.2) is 9.36 Å². The molecule has 0 saturated carbocycles. The summed E-state index contributed by atoms with van der Waals surface area (Å²) in [6.45, 7) is 17.1. The second kappa shape index (κ2) is 27.7. The van der Waals surface area contributed by atoms with Crippen molar-refractivity contribution in [3.8, 4) is 11.8 Å². The summed E-state index contributed by atoms with van der Waals surface area (Å²) in [6, 6.07) is 36.0. The summed E-state index contributed by atoms with van der Waals surface area (Å²) in [5.41, 5.74) is 8.61. The minimum absolute atomic E-state index is 0. The molecule has 11 heteroatoms. The van der Waals surface area contributed by atoms with Crippen LogP contribution in [0, 0.1) is 41.5 Å². The predicted octanol–water partition coefficient (Wildman–Crippen LogP) is 9.06. The van der Waals surface area contributed by atoms with Gasteiger partial charge in [0.05, 0.1) is 30.2 Å². The van der Waals surface area contributed by atoms with Crippen LogP contribution in [-0.4, -0.2) is 42.6 Å². The zero-order chi connectivity index (χ0) is 35.6. The minimum atomic E-state index is 0. The first-order chi connectivity index (χ1) is 24.4. The SMILES string of the molecule is Cc1nn2c(c1C)CCCC2.Cc1nn2c(c1C)OCC2.Cc1nn2c(c1C)OCCC2.[Y].[Y].[Y].c1ccccc1.c1ccccc1.c1ccccc1. The summed E-state index contributed by atoms with van der Waals surface area (Å²) < 4.78 is 16.9. The Hall–Kier alpha value is -1.80. The second-order valence-corrected chi connectivity index (χ2v) is 12.3. The number of benzene rings is 3. The van der Waals surface area contributed by atoms with Crippen molar-refractivity contribution < 1.29 is 108 Å². The van der Waals surface area contributed by atoms with E-state index in [2.05, 4.69) is 40.7 Å². The van der Waals surface area contributed by atoms with Crippen molar-refractivity contribution in [2.75, 3.05) is 13.2 Å². The topological polar surface area (TPSA) is 71.9 Å². The maximum absolute atomic E-state index is 5.48. The smallest absolute Gasteiger partial charge is 0.215 e. The number of ether oxygens (including phenoxy) is 2. The summed E-state index contributed by atoms with van der Waals surface area (Å²) in [7, 11) is 0. The monoisotopic (exact) mass is 941 g/mol. The van der Waals surface area contributed by atoms with Gasteiger partial charge in [-0.3, -0.25) is 4.68 Å². The van der Waals surface area contributed by atoms with E-state index in [1.54, 1.807) is 0 Å². The van der Waals surface area contributed by atoms with Crippen molar-refractivity contribution in [2.45, 2.75) is 86.9 Å². The third kappa shape index (κ3) is 16.5. The van der Waals surface area contributed by atoms with Crippen molar-refractivity contribution >= 4 is 0 Å². The number of fused-ring (bicyclic) bond motifs is 3. The molecular formula is C42H54N6O2Y3. The number of hydrogen-bond donors (Lipinski definition) is 0. The molecule has 0 N–H and O–H groups in total. The first-order valence-corrected chi connectivity index (χ1v) is 17.7. The molecule has 3 aromatic heterocycles. The zero-order valence-electron chi connectivity index (χ0n) is 32.5. The van der Waals surface area contributed by atoms with Gasteiger partial charge in [0.15, 0.2) is 0 Å². The molecule has 0 amide bonds. The molecule has 3 aliphatic rings. The van der Waals surface area contributed by atoms with Crippen LogP contribution in [0.1, 0.15) is 58.7 Å². The zero-order valence-corrected chi connectivity index (χ0v) is 41.0. The van der Waals surface area contributed by atoms with Crippen LogP contribution in [0.15, 0.2) is 109 Å². The average molecular weight is 942 g/mol. The fourth-order valence-electron chi connectivity index (χ4n) is 5.51. The van der Waals surface area contributed by atoms with Crippen LogP contribution in [0.25, 0.3) is 0 Å². The van der Waals surface area contributed by atoms with Crippen molar-refractivity contribution in [1.82, 2.24) is 29.3 Å². The van der Waals surface area contributed by atoms with E-state index in [9.17, 15) is 0 Å². The first kappa shape index (κ1) is 49.2. The van der Waals surface area contributed by atoms with Gasteiger partial charge in [0.2, 0.25) is 11.8 Å². The van der Waals surface area contributed by atoms with Gasteiger partial charge in [0.1, 0.15) is 6.61 Å². The Kier molecular flexibility index (Phi) is 25.8. The third-order valence-corrected chi connectivity index (χ3v) is 8.62. The number of rotatable bonds is 0. The van der Waals surface area contributed by atoms with E-state index in [-0.39, 0.29) is 98.1 Å². The molecule has 0 aliphatic carbocycles. The van der Waals surface area contributed by atoms with Crippen LogP contribution < -0.4 is 9.47 Å². The molecule has 3 radical (unpaired) electrons. The van der Waals surface area contributed by atoms with Crippen LogP contribution in [-0.2, 0) is 124 Å². The molecule has 273 valence electrons. The number of nitrogens with zero attached hydrogens (tertiary/aromatic N) is 6. The molecule has 3 aliphatic heterocycles. The minimum Gasteiger partial charge on any atom is -0.478 e. The predicted molar refractivity (Wildman–Crippen MR) is 203 cm³/mol. The van der Waals surface area contributed by atoms with E-state index in [4.69, 9.17) is 9.47 Å². The Morgan fingerprint density at radius 2 is 0.736 bits per heavy atom. The standard InChI is InChI=1S/C9H14N2.C8H12N2O.C7H10N2O.3C6H6.3Y/c1-7-8(2)10-11-6-4-3-5-9(7)11;1-6-7(2)9-10-4-3-5-11-8(6)10;1-5-6(2)8-9-3-4-10-7(5)9;3*1-2-4-6-5-3-1;;;/h3-6H2,1-2H3;3-5H2,1-2H3;3-4H2,1-2H3;3*1-6H;;;. The van der Waals surface area contributed by atoms with Crippen LogP contribution in [0.5, 0.6) is 11.8 Å². The van der Waals surface area contributed by atoms with Gasteiger partial charge in [-0.05, 0) is 66.4 Å². The Morgan fingerprint density at radius 1 is 0.396 bits per heavy atom. The number of hydrogen-bond acceptors (Lipinski definition) is 5. The maximum atomic E-state index is 5.48. The summed E-state index contributed by atoms with van der Waals surface area (Å²) in [6.07, 6.45) is 4.94. The molecule has 0 bridgehead atoms. The van der Waals surface area contributed by atoms with Gasteiger partial charge >= 0.3 is 0 Å². The molecule has 6 aromatic rings. The molecule has 0 atom stereocenters. The van der Waals surface area contributed by atoms with E-state index >= 15 is 0 Å². The molecule has 0 unspecified atom stereocenters. The van der Waals surface area contributed by atoms with Crippen LogP contribution >= 0.6 is 0 Å². The van der Waals surface area contributed by atoms with Gasteiger partial charge in [-0.1, -0.05) is 109 Å². The molecule has 8 nitrogen and oxygen atoms in total. The quantitative estimate of drug-likeness (QED) is 0.152. The molecular weight excluding hydrogens is 887 g/mol. The Balaban J connectivity index is 0.000000321. The van der Waals surface area contributed by atoms with Crippen LogP contribution in [0.3, 0.4) is 0 Å². The molecule has 0 fully saturated rings. The van der Waals surface area contributed by atoms with Gasteiger partial charge in [-0.2, -0.15) is 15.3 Å². The van der Waals surface area contributed by atoms with E-state index in [1.165, 1.54) is 47.3 Å². The van der Waals surface area contributed by atoms with Crippen molar-refractivity contribution in [3.63, 3.8) is 0 Å². The van der Waals surface area contributed by atoms with Crippen molar-refractivity contribution in [3.05, 3.63) is 149 Å². The number of aromatic nitrogens is 6. The van der Waals surface area contributed by atoms with Crippen LogP contribution in [0.4, 0.5) is 0 Å². The van der Waals surface area contributed by atoms with E-state index in [0.717, 1.165) is 62.4 Å². The van der Waals surface area contributed by atoms with Crippen LogP contribution in [0.2, 0.25) is 0 Å². The Bertz CT molecular complexity index is 1600. The molecule has 53 heavy (non-hydrogen) atoms. The molecule has 9 rings (SSSR count). The number of aryl methyl sites for hydroxylation is 5. The fourth-order valence-corrected chi connectivity index (χ4v) is 5.51. The largest absolute Gasteiger partial charge is 0.478 e. The molecule has 6 heterocycles. The molecule has 0 spiro atoms. The second-order valence-electron chi connectivity index (χ2n) is 12.3. The van der Waals surface area contributed by atoms with E-state index in [1.807, 2.05) is 139 Å². The van der Waals surface area contributed by atoms with Gasteiger partial charge in [0, 0.05) is 134 Å². The fraction of sp³-hybridized carbons (Fsp3) is 0.357. The van der Waals surface area contributed by atoms with E-state index < -0.39 is 0 Å². The maximum Gasteiger partial charge on any atom is 0.215 e. The third-order valence-electron chi connectivity index (χ3n) is 8.62. The Labute approximate surface area is 392 Å².